The van der Waals surface area contributed by atoms with Crippen LogP contribution in [0, 0.1) is 21.7 Å². The number of phenolic OH excluding ortho intramolecular Hbond substituents is 2. The SMILES string of the molecule is CC(C)(C)CCc1cc(C=NC(C)(C)C(C)(C)N=Cc2cc(CCC(C)(C)C)cc(CCC(C)(C)C)c2O)c(O)c(CCC(C)(C)C)c1. The van der Waals surface area contributed by atoms with E-state index in [2.05, 4.69) is 135 Å². The number of hydrogen-bond acceptors (Lipinski definition) is 4. The van der Waals surface area contributed by atoms with Crippen LogP contribution in [0.1, 0.15) is 170 Å². The van der Waals surface area contributed by atoms with E-state index in [9.17, 15) is 10.2 Å². The lowest BCUT2D eigenvalue weighted by Gasteiger charge is -2.35. The van der Waals surface area contributed by atoms with E-state index in [-0.39, 0.29) is 21.7 Å². The van der Waals surface area contributed by atoms with Crippen molar-refractivity contribution in [3.8, 4) is 11.5 Å². The monoisotopic (exact) mass is 661 g/mol. The van der Waals surface area contributed by atoms with Crippen LogP contribution < -0.4 is 0 Å². The number of rotatable bonds is 13. The second-order valence-electron chi connectivity index (χ2n) is 20.3. The maximum absolute atomic E-state index is 11.4. The molecule has 2 rings (SSSR count). The first-order valence-corrected chi connectivity index (χ1v) is 18.4. The smallest absolute Gasteiger partial charge is 0.127 e. The first-order valence-electron chi connectivity index (χ1n) is 18.4. The van der Waals surface area contributed by atoms with Crippen LogP contribution in [0.3, 0.4) is 0 Å². The molecule has 0 amide bonds. The molecule has 0 bridgehead atoms. The molecule has 2 aromatic rings. The van der Waals surface area contributed by atoms with Gasteiger partial charge in [-0.05, 0) is 135 Å². The molecule has 270 valence electrons. The molecule has 0 spiro atoms. The number of aliphatic imine (C=N–C) groups is 2. The molecule has 4 heteroatoms. The van der Waals surface area contributed by atoms with Crippen molar-refractivity contribution in [1.29, 1.82) is 0 Å². The predicted molar refractivity (Wildman–Crippen MR) is 211 cm³/mol. The Hall–Kier alpha value is -2.62. The van der Waals surface area contributed by atoms with Crippen LogP contribution in [-0.2, 0) is 25.7 Å². The van der Waals surface area contributed by atoms with E-state index in [0.29, 0.717) is 11.5 Å². The minimum Gasteiger partial charge on any atom is -0.507 e. The van der Waals surface area contributed by atoms with E-state index in [1.165, 1.54) is 11.1 Å². The molecule has 0 fully saturated rings. The van der Waals surface area contributed by atoms with Gasteiger partial charge in [-0.15, -0.1) is 0 Å². The Labute approximate surface area is 296 Å². The summed E-state index contributed by atoms with van der Waals surface area (Å²) in [6.07, 6.45) is 11.4. The Morgan fingerprint density at radius 2 is 0.708 bits per heavy atom. The molecule has 0 saturated heterocycles. The molecular weight excluding hydrogens is 588 g/mol. The molecule has 0 aliphatic rings. The van der Waals surface area contributed by atoms with E-state index < -0.39 is 11.1 Å². The average Bonchev–Trinajstić information content (AvgIpc) is 2.91. The zero-order chi connectivity index (χ0) is 36.9. The maximum atomic E-state index is 11.4. The van der Waals surface area contributed by atoms with Crippen LogP contribution in [0.4, 0.5) is 0 Å². The van der Waals surface area contributed by atoms with E-state index in [4.69, 9.17) is 9.98 Å². The molecule has 0 radical (unpaired) electrons. The average molecular weight is 661 g/mol. The summed E-state index contributed by atoms with van der Waals surface area (Å²) in [6.45, 7) is 35.5. The van der Waals surface area contributed by atoms with Crippen LogP contribution in [0.2, 0.25) is 0 Å². The van der Waals surface area contributed by atoms with Crippen molar-refractivity contribution in [3.63, 3.8) is 0 Å². The van der Waals surface area contributed by atoms with E-state index in [1.807, 2.05) is 12.4 Å². The summed E-state index contributed by atoms with van der Waals surface area (Å²) in [4.78, 5) is 10.2. The van der Waals surface area contributed by atoms with Gasteiger partial charge in [0.25, 0.3) is 0 Å². The number of nitrogens with zero attached hydrogens (tertiary/aromatic N) is 2. The van der Waals surface area contributed by atoms with Crippen molar-refractivity contribution >= 4 is 12.4 Å². The number of aromatic hydroxyl groups is 2. The van der Waals surface area contributed by atoms with Gasteiger partial charge in [-0.3, -0.25) is 9.98 Å². The second kappa shape index (κ2) is 15.5. The topological polar surface area (TPSA) is 65.2 Å². The Bertz CT molecular complexity index is 1300. The number of aryl methyl sites for hydroxylation is 4. The van der Waals surface area contributed by atoms with Gasteiger partial charge in [0.05, 0.1) is 11.1 Å². The van der Waals surface area contributed by atoms with Crippen LogP contribution in [0.5, 0.6) is 11.5 Å². The zero-order valence-corrected chi connectivity index (χ0v) is 33.9. The second-order valence-corrected chi connectivity index (χ2v) is 20.3. The summed E-state index contributed by atoms with van der Waals surface area (Å²) in [6, 6.07) is 8.61. The molecule has 0 aliphatic heterocycles. The molecular formula is C44H72N2O2. The fourth-order valence-electron chi connectivity index (χ4n) is 5.28. The van der Waals surface area contributed by atoms with Gasteiger partial charge in [-0.1, -0.05) is 95.2 Å². The minimum atomic E-state index is -0.586. The van der Waals surface area contributed by atoms with Crippen LogP contribution in [0.15, 0.2) is 34.3 Å². The highest BCUT2D eigenvalue weighted by atomic mass is 16.3. The van der Waals surface area contributed by atoms with E-state index >= 15 is 0 Å². The molecule has 0 aliphatic carbocycles. The van der Waals surface area contributed by atoms with E-state index in [1.54, 1.807) is 0 Å². The standard InChI is InChI=1S/C44H72N2O2/c1-39(2,3)21-17-31-25-33(19-23-41(7,8)9)37(47)35(27-31)29-45-43(13,14)44(15,16)46-30-36-28-32(18-22-40(4,5)6)26-34(38(36)48)20-24-42(10,11)12/h25-30,47-48H,17-24H2,1-16H3. The van der Waals surface area contributed by atoms with Crippen molar-refractivity contribution < 1.29 is 10.2 Å². The van der Waals surface area contributed by atoms with Gasteiger partial charge >= 0.3 is 0 Å². The highest BCUT2D eigenvalue weighted by Crippen LogP contribution is 2.35. The van der Waals surface area contributed by atoms with Crippen LogP contribution >= 0.6 is 0 Å². The maximum Gasteiger partial charge on any atom is 0.127 e. The summed E-state index contributed by atoms with van der Waals surface area (Å²) < 4.78 is 0. The largest absolute Gasteiger partial charge is 0.507 e. The van der Waals surface area contributed by atoms with Crippen molar-refractivity contribution in [1.82, 2.24) is 0 Å². The third-order valence-electron chi connectivity index (χ3n) is 9.72. The lowest BCUT2D eigenvalue weighted by Crippen LogP contribution is -2.42. The Kier molecular flexibility index (Phi) is 13.4. The number of benzene rings is 2. The Balaban J connectivity index is 2.48. The Morgan fingerprint density at radius 3 is 0.979 bits per heavy atom. The lowest BCUT2D eigenvalue weighted by molar-refractivity contribution is 0.317. The van der Waals surface area contributed by atoms with Crippen molar-refractivity contribution in [2.45, 2.75) is 173 Å². The molecule has 2 N–H and O–H groups in total. The first-order chi connectivity index (χ1) is 21.6. The van der Waals surface area contributed by atoms with Gasteiger partial charge in [-0.25, -0.2) is 0 Å². The first kappa shape index (κ1) is 41.6. The van der Waals surface area contributed by atoms with Gasteiger partial charge in [-0.2, -0.15) is 0 Å². The molecule has 2 aromatic carbocycles. The minimum absolute atomic E-state index is 0.181. The van der Waals surface area contributed by atoms with Gasteiger partial charge in [0.1, 0.15) is 11.5 Å². The third kappa shape index (κ3) is 14.1. The third-order valence-corrected chi connectivity index (χ3v) is 9.72. The fraction of sp³-hybridized carbons (Fsp3) is 0.682. The van der Waals surface area contributed by atoms with Crippen LogP contribution in [0.25, 0.3) is 0 Å². The van der Waals surface area contributed by atoms with Gasteiger partial charge in [0.2, 0.25) is 0 Å². The molecule has 0 atom stereocenters. The van der Waals surface area contributed by atoms with Gasteiger partial charge in [0, 0.05) is 23.6 Å². The predicted octanol–water partition coefficient (Wildman–Crippen LogP) is 12.1. The fourth-order valence-corrected chi connectivity index (χ4v) is 5.28. The van der Waals surface area contributed by atoms with Crippen LogP contribution in [-0.4, -0.2) is 33.7 Å². The number of phenols is 2. The molecule has 48 heavy (non-hydrogen) atoms. The summed E-state index contributed by atoms with van der Waals surface area (Å²) in [5, 5.41) is 22.8. The summed E-state index contributed by atoms with van der Waals surface area (Å²) >= 11 is 0. The highest BCUT2D eigenvalue weighted by Gasteiger charge is 2.36. The van der Waals surface area contributed by atoms with Crippen molar-refractivity contribution in [2.75, 3.05) is 0 Å². The molecule has 0 saturated carbocycles. The molecule has 4 nitrogen and oxygen atoms in total. The zero-order valence-electron chi connectivity index (χ0n) is 33.9. The van der Waals surface area contributed by atoms with Crippen molar-refractivity contribution in [3.05, 3.63) is 57.6 Å². The summed E-state index contributed by atoms with van der Waals surface area (Å²) in [5.41, 5.74) is 5.67. The number of hydrogen-bond donors (Lipinski definition) is 2. The van der Waals surface area contributed by atoms with Gasteiger partial charge in [0.15, 0.2) is 0 Å². The van der Waals surface area contributed by atoms with Gasteiger partial charge < -0.3 is 10.2 Å². The summed E-state index contributed by atoms with van der Waals surface area (Å²) in [7, 11) is 0. The molecule has 0 unspecified atom stereocenters. The summed E-state index contributed by atoms with van der Waals surface area (Å²) in [5.74, 6) is 0.666. The van der Waals surface area contributed by atoms with Crippen molar-refractivity contribution in [2.24, 2.45) is 31.6 Å². The Morgan fingerprint density at radius 1 is 0.438 bits per heavy atom. The molecule has 0 aromatic heterocycles. The lowest BCUT2D eigenvalue weighted by atomic mass is 9.83. The van der Waals surface area contributed by atoms with E-state index in [0.717, 1.165) is 73.6 Å². The molecule has 0 heterocycles. The highest BCUT2D eigenvalue weighted by molar-refractivity contribution is 5.86. The quantitative estimate of drug-likeness (QED) is 0.210. The normalized spacial score (nSPS) is 14.1.